The molecule has 5 nitrogen and oxygen atoms in total. The molecule has 6 heteroatoms. The summed E-state index contributed by atoms with van der Waals surface area (Å²) in [4.78, 5) is 23.7. The summed E-state index contributed by atoms with van der Waals surface area (Å²) in [7, 11) is 0. The molecule has 0 aliphatic rings. The molecule has 1 aromatic rings. The Morgan fingerprint density at radius 2 is 2.00 bits per heavy atom. The number of esters is 1. The van der Waals surface area contributed by atoms with Crippen LogP contribution in [0.3, 0.4) is 0 Å². The van der Waals surface area contributed by atoms with Crippen molar-refractivity contribution in [2.45, 2.75) is 34.2 Å². The topological polar surface area (TPSA) is 75.6 Å². The number of ether oxygens (including phenoxy) is 1. The van der Waals surface area contributed by atoms with Crippen LogP contribution in [0.25, 0.3) is 0 Å². The van der Waals surface area contributed by atoms with Gasteiger partial charge in [-0.25, -0.2) is 9.18 Å². The minimum Gasteiger partial charge on any atom is -0.462 e. The first-order valence-electron chi connectivity index (χ1n) is 7.08. The SMILES string of the molecule is CCOC(=O)c1c(C)ccc(CNC(=O)C(C)(C)CO)c1F. The summed E-state index contributed by atoms with van der Waals surface area (Å²) < 4.78 is 19.3. The Bertz CT molecular complexity index is 570. The van der Waals surface area contributed by atoms with E-state index in [4.69, 9.17) is 9.84 Å². The predicted molar refractivity (Wildman–Crippen MR) is 79.8 cm³/mol. The van der Waals surface area contributed by atoms with Crippen LogP contribution < -0.4 is 5.32 Å². The molecule has 1 aromatic carbocycles. The zero-order valence-corrected chi connectivity index (χ0v) is 13.3. The first-order valence-corrected chi connectivity index (χ1v) is 7.08. The third-order valence-corrected chi connectivity index (χ3v) is 3.36. The van der Waals surface area contributed by atoms with Crippen molar-refractivity contribution in [2.75, 3.05) is 13.2 Å². The summed E-state index contributed by atoms with van der Waals surface area (Å²) in [6.07, 6.45) is 0. The van der Waals surface area contributed by atoms with Gasteiger partial charge in [0.1, 0.15) is 5.82 Å². The Kier molecular flexibility index (Phi) is 6.05. The van der Waals surface area contributed by atoms with E-state index in [9.17, 15) is 14.0 Å². The minimum atomic E-state index is -0.953. The molecule has 2 N–H and O–H groups in total. The molecule has 0 saturated carbocycles. The van der Waals surface area contributed by atoms with Crippen LogP contribution in [0.1, 0.15) is 42.3 Å². The van der Waals surface area contributed by atoms with Gasteiger partial charge in [-0.1, -0.05) is 12.1 Å². The van der Waals surface area contributed by atoms with Crippen molar-refractivity contribution in [1.29, 1.82) is 0 Å². The number of rotatable bonds is 6. The molecule has 0 unspecified atom stereocenters. The number of nitrogens with one attached hydrogen (secondary N) is 1. The maximum atomic E-state index is 14.4. The second kappa shape index (κ2) is 7.35. The number of aryl methyl sites for hydroxylation is 1. The first kappa shape index (κ1) is 18.1. The van der Waals surface area contributed by atoms with Crippen LogP contribution in [0.15, 0.2) is 12.1 Å². The Labute approximate surface area is 129 Å². The van der Waals surface area contributed by atoms with Gasteiger partial charge < -0.3 is 15.2 Å². The van der Waals surface area contributed by atoms with Crippen LogP contribution in [0.4, 0.5) is 4.39 Å². The van der Waals surface area contributed by atoms with Crippen LogP contribution in [0, 0.1) is 18.2 Å². The van der Waals surface area contributed by atoms with Crippen molar-refractivity contribution in [3.8, 4) is 0 Å². The molecule has 0 fully saturated rings. The highest BCUT2D eigenvalue weighted by Gasteiger charge is 2.27. The van der Waals surface area contributed by atoms with Gasteiger partial charge in [-0.15, -0.1) is 0 Å². The molecule has 0 radical (unpaired) electrons. The van der Waals surface area contributed by atoms with Crippen molar-refractivity contribution < 1.29 is 23.8 Å². The molecule has 0 aliphatic carbocycles. The fraction of sp³-hybridized carbons (Fsp3) is 0.500. The molecular formula is C16H22FNO4. The molecule has 0 atom stereocenters. The Morgan fingerprint density at radius 3 is 2.55 bits per heavy atom. The molecule has 0 aromatic heterocycles. The highest BCUT2D eigenvalue weighted by Crippen LogP contribution is 2.19. The van der Waals surface area contributed by atoms with Gasteiger partial charge in [-0.05, 0) is 33.3 Å². The van der Waals surface area contributed by atoms with Crippen LogP contribution in [-0.4, -0.2) is 30.2 Å². The maximum absolute atomic E-state index is 14.4. The first-order chi connectivity index (χ1) is 10.2. The molecule has 0 bridgehead atoms. The van der Waals surface area contributed by atoms with E-state index >= 15 is 0 Å². The van der Waals surface area contributed by atoms with E-state index in [0.717, 1.165) is 0 Å². The van der Waals surface area contributed by atoms with Gasteiger partial charge in [-0.2, -0.15) is 0 Å². The number of amides is 1. The lowest BCUT2D eigenvalue weighted by atomic mass is 9.93. The summed E-state index contributed by atoms with van der Waals surface area (Å²) in [5.74, 6) is -1.81. The quantitative estimate of drug-likeness (QED) is 0.787. The third-order valence-electron chi connectivity index (χ3n) is 3.36. The van der Waals surface area contributed by atoms with Crippen LogP contribution in [0.2, 0.25) is 0 Å². The standard InChI is InChI=1S/C16H22FNO4/c1-5-22-14(20)12-10(2)6-7-11(13(12)17)8-18-15(21)16(3,4)9-19/h6-7,19H,5,8-9H2,1-4H3,(H,18,21). The number of hydrogen-bond acceptors (Lipinski definition) is 4. The lowest BCUT2D eigenvalue weighted by Gasteiger charge is -2.21. The second-order valence-corrected chi connectivity index (χ2v) is 5.68. The Morgan fingerprint density at radius 1 is 1.36 bits per heavy atom. The number of halogens is 1. The van der Waals surface area contributed by atoms with E-state index < -0.39 is 23.1 Å². The number of hydrogen-bond donors (Lipinski definition) is 2. The number of aliphatic hydroxyl groups excluding tert-OH is 1. The molecule has 1 amide bonds. The highest BCUT2D eigenvalue weighted by atomic mass is 19.1. The monoisotopic (exact) mass is 311 g/mol. The van der Waals surface area contributed by atoms with Gasteiger partial charge >= 0.3 is 5.97 Å². The molecule has 0 spiro atoms. The van der Waals surface area contributed by atoms with Crippen LogP contribution >= 0.6 is 0 Å². The van der Waals surface area contributed by atoms with Crippen molar-refractivity contribution in [3.63, 3.8) is 0 Å². The van der Waals surface area contributed by atoms with Gasteiger partial charge in [-0.3, -0.25) is 4.79 Å². The number of carbonyl (C=O) groups is 2. The van der Waals surface area contributed by atoms with Crippen molar-refractivity contribution in [1.82, 2.24) is 5.32 Å². The average Bonchev–Trinajstić information content (AvgIpc) is 2.46. The van der Waals surface area contributed by atoms with E-state index in [0.29, 0.717) is 5.56 Å². The Balaban J connectivity index is 2.96. The van der Waals surface area contributed by atoms with E-state index in [2.05, 4.69) is 5.32 Å². The van der Waals surface area contributed by atoms with Crippen LogP contribution in [-0.2, 0) is 16.1 Å². The van der Waals surface area contributed by atoms with E-state index in [1.807, 2.05) is 0 Å². The molecule has 1 rings (SSSR count). The number of aliphatic hydroxyl groups is 1. The molecule has 122 valence electrons. The summed E-state index contributed by atoms with van der Waals surface area (Å²) >= 11 is 0. The van der Waals surface area contributed by atoms with E-state index in [1.54, 1.807) is 33.8 Å². The van der Waals surface area contributed by atoms with Gasteiger partial charge in [0.2, 0.25) is 5.91 Å². The normalized spacial score (nSPS) is 11.2. The third kappa shape index (κ3) is 4.04. The highest BCUT2D eigenvalue weighted by molar-refractivity contribution is 5.91. The molecule has 0 heterocycles. The van der Waals surface area contributed by atoms with Crippen molar-refractivity contribution in [3.05, 3.63) is 34.6 Å². The number of carbonyl (C=O) groups excluding carboxylic acids is 2. The predicted octanol–water partition coefficient (Wildman–Crippen LogP) is 1.95. The van der Waals surface area contributed by atoms with Crippen LogP contribution in [0.5, 0.6) is 0 Å². The van der Waals surface area contributed by atoms with E-state index in [-0.39, 0.29) is 30.9 Å². The molecule has 0 aliphatic heterocycles. The molecule has 22 heavy (non-hydrogen) atoms. The van der Waals surface area contributed by atoms with E-state index in [1.165, 1.54) is 6.07 Å². The average molecular weight is 311 g/mol. The van der Waals surface area contributed by atoms with Crippen molar-refractivity contribution in [2.24, 2.45) is 5.41 Å². The van der Waals surface area contributed by atoms with Gasteiger partial charge in [0, 0.05) is 12.1 Å². The fourth-order valence-corrected chi connectivity index (χ4v) is 1.79. The maximum Gasteiger partial charge on any atom is 0.341 e. The summed E-state index contributed by atoms with van der Waals surface area (Å²) in [6.45, 7) is 6.20. The summed E-state index contributed by atoms with van der Waals surface area (Å²) in [5, 5.41) is 11.7. The van der Waals surface area contributed by atoms with Crippen molar-refractivity contribution >= 4 is 11.9 Å². The second-order valence-electron chi connectivity index (χ2n) is 5.68. The summed E-state index contributed by atoms with van der Waals surface area (Å²) in [6, 6.07) is 3.12. The smallest absolute Gasteiger partial charge is 0.341 e. The zero-order valence-electron chi connectivity index (χ0n) is 13.3. The fourth-order valence-electron chi connectivity index (χ4n) is 1.79. The minimum absolute atomic E-state index is 0.0687. The van der Waals surface area contributed by atoms with Gasteiger partial charge in [0.05, 0.1) is 24.2 Å². The Hall–Kier alpha value is -1.95. The summed E-state index contributed by atoms with van der Waals surface area (Å²) in [5.41, 5.74) is -0.405. The lowest BCUT2D eigenvalue weighted by Crippen LogP contribution is -2.39. The largest absolute Gasteiger partial charge is 0.462 e. The molecule has 0 saturated heterocycles. The van der Waals surface area contributed by atoms with Gasteiger partial charge in [0.15, 0.2) is 0 Å². The molecular weight excluding hydrogens is 289 g/mol. The van der Waals surface area contributed by atoms with Gasteiger partial charge in [0.25, 0.3) is 0 Å². The number of benzene rings is 1. The zero-order chi connectivity index (χ0) is 16.9. The lowest BCUT2D eigenvalue weighted by molar-refractivity contribution is -0.131.